The normalized spacial score (nSPS) is 22.7. The smallest absolute Gasteiger partial charge is 0.387 e. The standard InChI is InChI=1S/C15H19F2NO3/c16-15(17)21-11-6-4-5-10(9-11)14(20)18-12-7-2-1-3-8-13(12)19/h4-6,9,12-13,15,19H,1-3,7-8H2,(H,18,20). The van der Waals surface area contributed by atoms with Crippen LogP contribution < -0.4 is 10.1 Å². The van der Waals surface area contributed by atoms with Gasteiger partial charge in [-0.2, -0.15) is 8.78 Å². The molecule has 116 valence electrons. The summed E-state index contributed by atoms with van der Waals surface area (Å²) in [5.74, 6) is -0.445. The number of nitrogens with one attached hydrogen (secondary N) is 1. The van der Waals surface area contributed by atoms with Crippen molar-refractivity contribution in [2.45, 2.75) is 50.9 Å². The van der Waals surface area contributed by atoms with E-state index in [9.17, 15) is 18.7 Å². The number of halogens is 2. The first kappa shape index (κ1) is 15.7. The number of carbonyl (C=O) groups is 1. The van der Waals surface area contributed by atoms with Crippen molar-refractivity contribution in [2.24, 2.45) is 0 Å². The molecule has 1 aliphatic rings. The van der Waals surface area contributed by atoms with Crippen LogP contribution >= 0.6 is 0 Å². The van der Waals surface area contributed by atoms with Crippen molar-refractivity contribution < 1.29 is 23.4 Å². The molecule has 2 N–H and O–H groups in total. The van der Waals surface area contributed by atoms with E-state index in [1.54, 1.807) is 0 Å². The molecule has 0 saturated heterocycles. The van der Waals surface area contributed by atoms with E-state index in [-0.39, 0.29) is 23.3 Å². The molecule has 4 nitrogen and oxygen atoms in total. The lowest BCUT2D eigenvalue weighted by atomic mass is 10.1. The van der Waals surface area contributed by atoms with Crippen LogP contribution in [0.2, 0.25) is 0 Å². The van der Waals surface area contributed by atoms with E-state index in [1.165, 1.54) is 24.3 Å². The highest BCUT2D eigenvalue weighted by atomic mass is 19.3. The van der Waals surface area contributed by atoms with Gasteiger partial charge in [-0.3, -0.25) is 4.79 Å². The molecule has 0 radical (unpaired) electrons. The molecule has 6 heteroatoms. The number of amides is 1. The molecule has 0 aliphatic heterocycles. The maximum atomic E-state index is 12.2. The zero-order valence-electron chi connectivity index (χ0n) is 11.6. The Balaban J connectivity index is 2.02. The van der Waals surface area contributed by atoms with E-state index in [0.29, 0.717) is 6.42 Å². The minimum atomic E-state index is -2.92. The zero-order chi connectivity index (χ0) is 15.2. The van der Waals surface area contributed by atoms with Gasteiger partial charge in [-0.15, -0.1) is 0 Å². The SMILES string of the molecule is O=C(NC1CCCCCC1O)c1cccc(OC(F)F)c1. The summed E-state index contributed by atoms with van der Waals surface area (Å²) in [6.45, 7) is -2.92. The number of rotatable bonds is 4. The van der Waals surface area contributed by atoms with Crippen LogP contribution in [0, 0.1) is 0 Å². The molecule has 2 atom stereocenters. The van der Waals surface area contributed by atoms with Crippen molar-refractivity contribution in [3.63, 3.8) is 0 Å². The van der Waals surface area contributed by atoms with Crippen LogP contribution in [-0.2, 0) is 0 Å². The third-order valence-electron chi connectivity index (χ3n) is 3.62. The summed E-state index contributed by atoms with van der Waals surface area (Å²) < 4.78 is 28.6. The van der Waals surface area contributed by atoms with Crippen LogP contribution in [0.3, 0.4) is 0 Å². The summed E-state index contributed by atoms with van der Waals surface area (Å²) in [4.78, 5) is 12.1. The molecule has 1 amide bonds. The number of carbonyl (C=O) groups excluding carboxylic acids is 1. The summed E-state index contributed by atoms with van der Waals surface area (Å²) in [6.07, 6.45) is 3.78. The first-order valence-corrected chi connectivity index (χ1v) is 7.10. The Morgan fingerprint density at radius 3 is 2.81 bits per heavy atom. The van der Waals surface area contributed by atoms with E-state index in [4.69, 9.17) is 0 Å². The van der Waals surface area contributed by atoms with Crippen LogP contribution in [0.25, 0.3) is 0 Å². The first-order chi connectivity index (χ1) is 10.1. The summed E-state index contributed by atoms with van der Waals surface area (Å²) in [7, 11) is 0. The predicted molar refractivity (Wildman–Crippen MR) is 73.4 cm³/mol. The lowest BCUT2D eigenvalue weighted by Gasteiger charge is -2.21. The van der Waals surface area contributed by atoms with Gasteiger partial charge < -0.3 is 15.2 Å². The fourth-order valence-corrected chi connectivity index (χ4v) is 2.52. The second kappa shape index (κ2) is 7.36. The van der Waals surface area contributed by atoms with Crippen LogP contribution in [0.4, 0.5) is 8.78 Å². The van der Waals surface area contributed by atoms with E-state index in [1.807, 2.05) is 0 Å². The van der Waals surface area contributed by atoms with Gasteiger partial charge in [-0.25, -0.2) is 0 Å². The average molecular weight is 299 g/mol. The molecule has 2 unspecified atom stereocenters. The number of ether oxygens (including phenoxy) is 1. The van der Waals surface area contributed by atoms with Crippen LogP contribution in [-0.4, -0.2) is 29.8 Å². The Morgan fingerprint density at radius 1 is 1.29 bits per heavy atom. The summed E-state index contributed by atoms with van der Waals surface area (Å²) in [5, 5.41) is 12.8. The zero-order valence-corrected chi connectivity index (χ0v) is 11.6. The topological polar surface area (TPSA) is 58.6 Å². The van der Waals surface area contributed by atoms with Gasteiger partial charge in [-0.1, -0.05) is 25.3 Å². The summed E-state index contributed by atoms with van der Waals surface area (Å²) in [6, 6.07) is 5.35. The largest absolute Gasteiger partial charge is 0.435 e. The molecule has 1 fully saturated rings. The Bertz CT molecular complexity index is 482. The molecule has 1 aromatic carbocycles. The van der Waals surface area contributed by atoms with Gasteiger partial charge in [0.1, 0.15) is 5.75 Å². The van der Waals surface area contributed by atoms with Crippen LogP contribution in [0.15, 0.2) is 24.3 Å². The lowest BCUT2D eigenvalue weighted by Crippen LogP contribution is -2.42. The van der Waals surface area contributed by atoms with Crippen LogP contribution in [0.5, 0.6) is 5.75 Å². The molecule has 0 heterocycles. The minimum absolute atomic E-state index is 0.0564. The first-order valence-electron chi connectivity index (χ1n) is 7.10. The second-order valence-electron chi connectivity index (χ2n) is 5.19. The summed E-state index contributed by atoms with van der Waals surface area (Å²) >= 11 is 0. The van der Waals surface area contributed by atoms with Crippen molar-refractivity contribution in [3.8, 4) is 5.75 Å². The maximum absolute atomic E-state index is 12.2. The third kappa shape index (κ3) is 4.67. The number of aliphatic hydroxyl groups is 1. The van der Waals surface area contributed by atoms with Crippen molar-refractivity contribution in [1.29, 1.82) is 0 Å². The van der Waals surface area contributed by atoms with Gasteiger partial charge in [0.15, 0.2) is 0 Å². The Labute approximate surface area is 122 Å². The molecular weight excluding hydrogens is 280 g/mol. The molecule has 1 aromatic rings. The minimum Gasteiger partial charge on any atom is -0.435 e. The van der Waals surface area contributed by atoms with Crippen molar-refractivity contribution in [3.05, 3.63) is 29.8 Å². The highest BCUT2D eigenvalue weighted by Gasteiger charge is 2.23. The van der Waals surface area contributed by atoms with E-state index in [0.717, 1.165) is 25.7 Å². The molecule has 2 rings (SSSR count). The molecule has 0 spiro atoms. The van der Waals surface area contributed by atoms with E-state index >= 15 is 0 Å². The number of hydrogen-bond acceptors (Lipinski definition) is 3. The van der Waals surface area contributed by atoms with Gasteiger partial charge >= 0.3 is 6.61 Å². The fraction of sp³-hybridized carbons (Fsp3) is 0.533. The highest BCUT2D eigenvalue weighted by Crippen LogP contribution is 2.20. The Kier molecular flexibility index (Phi) is 5.50. The number of benzene rings is 1. The molecule has 0 bridgehead atoms. The Morgan fingerprint density at radius 2 is 2.05 bits per heavy atom. The van der Waals surface area contributed by atoms with Gasteiger partial charge in [-0.05, 0) is 31.0 Å². The number of alkyl halides is 2. The van der Waals surface area contributed by atoms with E-state index < -0.39 is 12.7 Å². The lowest BCUT2D eigenvalue weighted by molar-refractivity contribution is -0.0498. The van der Waals surface area contributed by atoms with Crippen molar-refractivity contribution in [1.82, 2.24) is 5.32 Å². The summed E-state index contributed by atoms with van der Waals surface area (Å²) in [5.41, 5.74) is 0.240. The molecule has 1 aliphatic carbocycles. The average Bonchev–Trinajstić information content (AvgIpc) is 2.64. The quantitative estimate of drug-likeness (QED) is 0.840. The van der Waals surface area contributed by atoms with Gasteiger partial charge in [0.2, 0.25) is 0 Å². The second-order valence-corrected chi connectivity index (χ2v) is 5.19. The maximum Gasteiger partial charge on any atom is 0.387 e. The Hall–Kier alpha value is -1.69. The third-order valence-corrected chi connectivity index (χ3v) is 3.62. The van der Waals surface area contributed by atoms with Gasteiger partial charge in [0.05, 0.1) is 12.1 Å². The van der Waals surface area contributed by atoms with Gasteiger partial charge in [0.25, 0.3) is 5.91 Å². The monoisotopic (exact) mass is 299 g/mol. The highest BCUT2D eigenvalue weighted by molar-refractivity contribution is 5.94. The van der Waals surface area contributed by atoms with Crippen molar-refractivity contribution in [2.75, 3.05) is 0 Å². The number of hydrogen-bond donors (Lipinski definition) is 2. The molecule has 1 saturated carbocycles. The van der Waals surface area contributed by atoms with Crippen LogP contribution in [0.1, 0.15) is 42.5 Å². The van der Waals surface area contributed by atoms with Crippen molar-refractivity contribution >= 4 is 5.91 Å². The molecular formula is C15H19F2NO3. The van der Waals surface area contributed by atoms with E-state index in [2.05, 4.69) is 10.1 Å². The molecule has 0 aromatic heterocycles. The number of aliphatic hydroxyl groups excluding tert-OH is 1. The van der Waals surface area contributed by atoms with Gasteiger partial charge in [0, 0.05) is 5.56 Å². The molecule has 21 heavy (non-hydrogen) atoms. The predicted octanol–water partition coefficient (Wildman–Crippen LogP) is 2.71. The fourth-order valence-electron chi connectivity index (χ4n) is 2.52.